The van der Waals surface area contributed by atoms with Crippen LogP contribution in [0.2, 0.25) is 0 Å². The van der Waals surface area contributed by atoms with Gasteiger partial charge >= 0.3 is 0 Å². The third-order valence-electron chi connectivity index (χ3n) is 4.67. The maximum Gasteiger partial charge on any atom is 0.226 e. The van der Waals surface area contributed by atoms with Crippen molar-refractivity contribution in [1.82, 2.24) is 15.5 Å². The second-order valence-electron chi connectivity index (χ2n) is 6.47. The number of nitrogens with zero attached hydrogens (tertiary/aromatic N) is 2. The largest absolute Gasteiger partial charge is 0.353 e. The smallest absolute Gasteiger partial charge is 0.226 e. The molecular formula is C18H24ClFN4O2. The fraction of sp³-hybridized carbons (Fsp3) is 0.500. The van der Waals surface area contributed by atoms with Crippen molar-refractivity contribution < 1.29 is 13.7 Å². The lowest BCUT2D eigenvalue weighted by molar-refractivity contribution is -0.122. The summed E-state index contributed by atoms with van der Waals surface area (Å²) in [6.45, 7) is 0.624. The summed E-state index contributed by atoms with van der Waals surface area (Å²) >= 11 is 0. The summed E-state index contributed by atoms with van der Waals surface area (Å²) in [7, 11) is 0. The minimum absolute atomic E-state index is 0. The highest BCUT2D eigenvalue weighted by molar-refractivity contribution is 5.85. The molecule has 1 fully saturated rings. The first-order valence-electron chi connectivity index (χ1n) is 8.73. The van der Waals surface area contributed by atoms with Gasteiger partial charge in [-0.15, -0.1) is 12.4 Å². The Labute approximate surface area is 158 Å². The Morgan fingerprint density at radius 3 is 2.81 bits per heavy atom. The topological polar surface area (TPSA) is 94.0 Å². The maximum atomic E-state index is 12.9. The molecule has 1 saturated carbocycles. The molecule has 0 bridgehead atoms. The molecule has 8 heteroatoms. The predicted octanol–water partition coefficient (Wildman–Crippen LogP) is 2.86. The van der Waals surface area contributed by atoms with Crippen molar-refractivity contribution in [3.63, 3.8) is 0 Å². The summed E-state index contributed by atoms with van der Waals surface area (Å²) in [4.78, 5) is 16.3. The van der Waals surface area contributed by atoms with Gasteiger partial charge in [0.05, 0.1) is 0 Å². The average molecular weight is 383 g/mol. The Balaban J connectivity index is 0.00000243. The molecule has 0 spiro atoms. The molecule has 0 aliphatic heterocycles. The zero-order valence-corrected chi connectivity index (χ0v) is 15.3. The number of aromatic nitrogens is 2. The fourth-order valence-electron chi connectivity index (χ4n) is 3.26. The molecule has 1 amide bonds. The van der Waals surface area contributed by atoms with Crippen molar-refractivity contribution in [3.05, 3.63) is 36.0 Å². The summed E-state index contributed by atoms with van der Waals surface area (Å²) in [6, 6.07) is 6.13. The lowest BCUT2D eigenvalue weighted by Gasteiger charge is -2.19. The minimum Gasteiger partial charge on any atom is -0.353 e. The van der Waals surface area contributed by atoms with E-state index in [-0.39, 0.29) is 30.2 Å². The molecule has 0 radical (unpaired) electrons. The molecule has 6 nitrogen and oxygen atoms in total. The first-order chi connectivity index (χ1) is 12.2. The van der Waals surface area contributed by atoms with E-state index in [9.17, 15) is 9.18 Å². The van der Waals surface area contributed by atoms with Crippen molar-refractivity contribution in [2.75, 3.05) is 6.54 Å². The average Bonchev–Trinajstić information content (AvgIpc) is 3.25. The van der Waals surface area contributed by atoms with Crippen LogP contribution in [0, 0.1) is 11.7 Å². The first kappa shape index (κ1) is 20.3. The molecule has 1 aliphatic carbocycles. The van der Waals surface area contributed by atoms with Crippen LogP contribution in [0.5, 0.6) is 0 Å². The number of nitrogens with one attached hydrogen (secondary N) is 1. The predicted molar refractivity (Wildman–Crippen MR) is 98.2 cm³/mol. The molecule has 142 valence electrons. The molecule has 1 aromatic heterocycles. The highest BCUT2D eigenvalue weighted by atomic mass is 35.5. The Bertz CT molecular complexity index is 707. The van der Waals surface area contributed by atoms with Crippen molar-refractivity contribution >= 4 is 18.3 Å². The number of amides is 1. The molecule has 1 aromatic carbocycles. The van der Waals surface area contributed by atoms with Crippen LogP contribution >= 0.6 is 12.4 Å². The summed E-state index contributed by atoms with van der Waals surface area (Å²) in [6.07, 6.45) is 4.82. The molecule has 2 atom stereocenters. The quantitative estimate of drug-likeness (QED) is 0.767. The van der Waals surface area contributed by atoms with E-state index in [2.05, 4.69) is 15.5 Å². The van der Waals surface area contributed by atoms with E-state index < -0.39 is 0 Å². The third kappa shape index (κ3) is 5.25. The second kappa shape index (κ2) is 9.64. The van der Waals surface area contributed by atoms with E-state index in [0.29, 0.717) is 49.0 Å². The van der Waals surface area contributed by atoms with Crippen LogP contribution in [0.3, 0.4) is 0 Å². The molecule has 1 aliphatic rings. The Morgan fingerprint density at radius 2 is 2.08 bits per heavy atom. The minimum atomic E-state index is -0.308. The summed E-state index contributed by atoms with van der Waals surface area (Å²) < 4.78 is 18.1. The van der Waals surface area contributed by atoms with Gasteiger partial charge in [-0.3, -0.25) is 4.79 Å². The molecular weight excluding hydrogens is 359 g/mol. The van der Waals surface area contributed by atoms with Crippen molar-refractivity contribution in [1.29, 1.82) is 0 Å². The SMILES string of the molecule is Cl.NCC1CCCC1NC(=O)CCCc1nc(-c2ccc(F)cc2)no1. The zero-order chi connectivity index (χ0) is 17.6. The van der Waals surface area contributed by atoms with Gasteiger partial charge in [0, 0.05) is 24.4 Å². The molecule has 2 aromatic rings. The number of benzene rings is 1. The third-order valence-corrected chi connectivity index (χ3v) is 4.67. The monoisotopic (exact) mass is 382 g/mol. The highest BCUT2D eigenvalue weighted by Crippen LogP contribution is 2.24. The standard InChI is InChI=1S/C18H23FN4O2.ClH/c19-14-9-7-12(8-10-14)18-22-17(25-23-18)6-2-5-16(24)21-15-4-1-3-13(15)11-20;/h7-10,13,15H,1-6,11,20H2,(H,21,24);1H. The fourth-order valence-corrected chi connectivity index (χ4v) is 3.26. The van der Waals surface area contributed by atoms with Crippen molar-refractivity contribution in [2.45, 2.75) is 44.6 Å². The molecule has 3 N–H and O–H groups in total. The van der Waals surface area contributed by atoms with Crippen LogP contribution in [0.15, 0.2) is 28.8 Å². The van der Waals surface area contributed by atoms with Crippen LogP contribution in [0.25, 0.3) is 11.4 Å². The second-order valence-corrected chi connectivity index (χ2v) is 6.47. The number of hydrogen-bond acceptors (Lipinski definition) is 5. The number of halogens is 2. The zero-order valence-electron chi connectivity index (χ0n) is 14.5. The Morgan fingerprint density at radius 1 is 1.31 bits per heavy atom. The van der Waals surface area contributed by atoms with Crippen molar-refractivity contribution in [2.24, 2.45) is 11.7 Å². The van der Waals surface area contributed by atoms with E-state index in [1.807, 2.05) is 0 Å². The number of rotatable bonds is 7. The lowest BCUT2D eigenvalue weighted by Crippen LogP contribution is -2.39. The molecule has 0 saturated heterocycles. The molecule has 26 heavy (non-hydrogen) atoms. The van der Waals surface area contributed by atoms with Crippen LogP contribution < -0.4 is 11.1 Å². The van der Waals surface area contributed by atoms with E-state index in [0.717, 1.165) is 19.3 Å². The molecule has 2 unspecified atom stereocenters. The first-order valence-corrected chi connectivity index (χ1v) is 8.73. The van der Waals surface area contributed by atoms with Gasteiger partial charge in [-0.25, -0.2) is 4.39 Å². The van der Waals surface area contributed by atoms with Gasteiger partial charge in [-0.2, -0.15) is 4.98 Å². The summed E-state index contributed by atoms with van der Waals surface area (Å²) in [5, 5.41) is 6.98. The maximum absolute atomic E-state index is 12.9. The van der Waals surface area contributed by atoms with E-state index in [1.54, 1.807) is 12.1 Å². The van der Waals surface area contributed by atoms with Crippen LogP contribution in [-0.2, 0) is 11.2 Å². The van der Waals surface area contributed by atoms with Gasteiger partial charge < -0.3 is 15.6 Å². The van der Waals surface area contributed by atoms with Gasteiger partial charge in [0.15, 0.2) is 0 Å². The van der Waals surface area contributed by atoms with Gasteiger partial charge in [-0.1, -0.05) is 11.6 Å². The Hall–Kier alpha value is -1.99. The number of aryl methyl sites for hydroxylation is 1. The van der Waals surface area contributed by atoms with Crippen LogP contribution in [0.4, 0.5) is 4.39 Å². The van der Waals surface area contributed by atoms with Gasteiger partial charge in [0.25, 0.3) is 0 Å². The Kier molecular flexibility index (Phi) is 7.53. The number of carbonyl (C=O) groups excluding carboxylic acids is 1. The van der Waals surface area contributed by atoms with Gasteiger partial charge in [0.2, 0.25) is 17.6 Å². The van der Waals surface area contributed by atoms with E-state index >= 15 is 0 Å². The van der Waals surface area contributed by atoms with Gasteiger partial charge in [0.1, 0.15) is 5.82 Å². The number of carbonyl (C=O) groups is 1. The summed E-state index contributed by atoms with van der Waals surface area (Å²) in [5.41, 5.74) is 6.43. The van der Waals surface area contributed by atoms with Gasteiger partial charge in [-0.05, 0) is 56.0 Å². The normalized spacial score (nSPS) is 19.2. The molecule has 1 heterocycles. The number of hydrogen-bond donors (Lipinski definition) is 2. The van der Waals surface area contributed by atoms with E-state index in [4.69, 9.17) is 10.3 Å². The highest BCUT2D eigenvalue weighted by Gasteiger charge is 2.27. The molecule has 3 rings (SSSR count). The van der Waals surface area contributed by atoms with Crippen LogP contribution in [-0.4, -0.2) is 28.6 Å². The van der Waals surface area contributed by atoms with E-state index in [1.165, 1.54) is 12.1 Å². The van der Waals surface area contributed by atoms with Crippen molar-refractivity contribution in [3.8, 4) is 11.4 Å². The number of nitrogens with two attached hydrogens (primary N) is 1. The van der Waals surface area contributed by atoms with Crippen LogP contribution in [0.1, 0.15) is 38.0 Å². The lowest BCUT2D eigenvalue weighted by atomic mass is 10.0. The summed E-state index contributed by atoms with van der Waals surface area (Å²) in [5.74, 6) is 1.04.